The lowest BCUT2D eigenvalue weighted by atomic mass is 10.1. The van der Waals surface area contributed by atoms with E-state index in [1.807, 2.05) is 0 Å². The average Bonchev–Trinajstić information content (AvgIpc) is 3.22. The largest absolute Gasteiger partial charge is 0.493 e. The smallest absolute Gasteiger partial charge is 0.254 e. The van der Waals surface area contributed by atoms with Gasteiger partial charge in [-0.1, -0.05) is 0 Å². The molecule has 1 fully saturated rings. The molecule has 0 radical (unpaired) electrons. The van der Waals surface area contributed by atoms with Crippen LogP contribution in [0.25, 0.3) is 0 Å². The van der Waals surface area contributed by atoms with E-state index in [1.165, 1.54) is 0 Å². The molecule has 3 rings (SSSR count). The highest BCUT2D eigenvalue weighted by molar-refractivity contribution is 5.95. The highest BCUT2D eigenvalue weighted by atomic mass is 16.5. The third-order valence-electron chi connectivity index (χ3n) is 4.00. The molecular formula is C16H19N3O4. The van der Waals surface area contributed by atoms with Gasteiger partial charge >= 0.3 is 0 Å². The van der Waals surface area contributed by atoms with Gasteiger partial charge < -0.3 is 18.8 Å². The van der Waals surface area contributed by atoms with Gasteiger partial charge in [0, 0.05) is 25.6 Å². The Kier molecular flexibility index (Phi) is 4.18. The minimum atomic E-state index is -0.0373. The molecular weight excluding hydrogens is 298 g/mol. The summed E-state index contributed by atoms with van der Waals surface area (Å²) in [6, 6.07) is 5.18. The molecule has 122 valence electrons. The minimum absolute atomic E-state index is 0.0373. The predicted molar refractivity (Wildman–Crippen MR) is 81.8 cm³/mol. The van der Waals surface area contributed by atoms with Gasteiger partial charge in [-0.15, -0.1) is 10.2 Å². The lowest BCUT2D eigenvalue weighted by Crippen LogP contribution is -2.28. The quantitative estimate of drug-likeness (QED) is 0.858. The summed E-state index contributed by atoms with van der Waals surface area (Å²) in [6.07, 6.45) is 0.820. The standard InChI is InChI=1S/C16H19N3O4/c1-10-17-18-15(23-10)12-6-7-19(9-12)16(20)11-4-5-13(21-2)14(8-11)22-3/h4-5,8,12H,6-7,9H2,1-3H3/t12-/m0/s1. The van der Waals surface area contributed by atoms with Gasteiger partial charge in [0.25, 0.3) is 5.91 Å². The van der Waals surface area contributed by atoms with Gasteiger partial charge in [0.1, 0.15) is 0 Å². The van der Waals surface area contributed by atoms with Gasteiger partial charge in [0.15, 0.2) is 11.5 Å². The minimum Gasteiger partial charge on any atom is -0.493 e. The highest BCUT2D eigenvalue weighted by Crippen LogP contribution is 2.30. The third-order valence-corrected chi connectivity index (χ3v) is 4.00. The van der Waals surface area contributed by atoms with Crippen molar-refractivity contribution < 1.29 is 18.7 Å². The van der Waals surface area contributed by atoms with Crippen LogP contribution in [0.3, 0.4) is 0 Å². The Morgan fingerprint density at radius 2 is 2.04 bits per heavy atom. The fraction of sp³-hybridized carbons (Fsp3) is 0.438. The zero-order valence-corrected chi connectivity index (χ0v) is 13.4. The number of carbonyl (C=O) groups excluding carboxylic acids is 1. The summed E-state index contributed by atoms with van der Waals surface area (Å²) in [5.74, 6) is 2.35. The SMILES string of the molecule is COc1ccc(C(=O)N2CC[C@H](c3nnc(C)o3)C2)cc1OC. The lowest BCUT2D eigenvalue weighted by Gasteiger charge is -2.17. The van der Waals surface area contributed by atoms with Crippen LogP contribution in [0, 0.1) is 6.92 Å². The molecule has 2 heterocycles. The molecule has 0 spiro atoms. The first-order valence-electron chi connectivity index (χ1n) is 7.43. The topological polar surface area (TPSA) is 77.7 Å². The summed E-state index contributed by atoms with van der Waals surface area (Å²) in [5.41, 5.74) is 0.574. The van der Waals surface area contributed by atoms with Gasteiger partial charge in [-0.25, -0.2) is 0 Å². The van der Waals surface area contributed by atoms with Crippen LogP contribution in [0.15, 0.2) is 22.6 Å². The fourth-order valence-corrected chi connectivity index (χ4v) is 2.77. The van der Waals surface area contributed by atoms with Crippen LogP contribution in [0.1, 0.15) is 34.5 Å². The molecule has 2 aromatic rings. The Labute approximate surface area is 134 Å². The molecule has 7 nitrogen and oxygen atoms in total. The second kappa shape index (κ2) is 6.28. The monoisotopic (exact) mass is 317 g/mol. The molecule has 1 atom stereocenters. The molecule has 0 bridgehead atoms. The number of ether oxygens (including phenoxy) is 2. The summed E-state index contributed by atoms with van der Waals surface area (Å²) in [5, 5.41) is 7.90. The van der Waals surface area contributed by atoms with E-state index in [1.54, 1.807) is 44.2 Å². The van der Waals surface area contributed by atoms with E-state index in [0.717, 1.165) is 6.42 Å². The summed E-state index contributed by atoms with van der Waals surface area (Å²) in [7, 11) is 3.12. The second-order valence-corrected chi connectivity index (χ2v) is 5.47. The Bertz CT molecular complexity index is 713. The predicted octanol–water partition coefficient (Wildman–Crippen LogP) is 2.02. The van der Waals surface area contributed by atoms with Crippen molar-refractivity contribution in [3.63, 3.8) is 0 Å². The van der Waals surface area contributed by atoms with E-state index in [-0.39, 0.29) is 11.8 Å². The van der Waals surface area contributed by atoms with Gasteiger partial charge in [-0.05, 0) is 24.6 Å². The van der Waals surface area contributed by atoms with Crippen molar-refractivity contribution >= 4 is 5.91 Å². The second-order valence-electron chi connectivity index (χ2n) is 5.47. The fourth-order valence-electron chi connectivity index (χ4n) is 2.77. The van der Waals surface area contributed by atoms with Crippen molar-refractivity contribution in [3.05, 3.63) is 35.5 Å². The number of nitrogens with zero attached hydrogens (tertiary/aromatic N) is 3. The molecule has 1 saturated heterocycles. The number of aryl methyl sites for hydroxylation is 1. The van der Waals surface area contributed by atoms with Crippen molar-refractivity contribution in [1.82, 2.24) is 15.1 Å². The number of aromatic nitrogens is 2. The highest BCUT2D eigenvalue weighted by Gasteiger charge is 2.31. The number of rotatable bonds is 4. The number of benzene rings is 1. The molecule has 1 aromatic carbocycles. The van der Waals surface area contributed by atoms with E-state index in [0.29, 0.717) is 41.9 Å². The van der Waals surface area contributed by atoms with Gasteiger partial charge in [-0.2, -0.15) is 0 Å². The van der Waals surface area contributed by atoms with Gasteiger partial charge in [0.2, 0.25) is 11.8 Å². The summed E-state index contributed by atoms with van der Waals surface area (Å²) < 4.78 is 15.9. The Morgan fingerprint density at radius 1 is 1.26 bits per heavy atom. The number of methoxy groups -OCH3 is 2. The number of hydrogen-bond donors (Lipinski definition) is 0. The maximum absolute atomic E-state index is 12.7. The van der Waals surface area contributed by atoms with E-state index in [2.05, 4.69) is 10.2 Å². The Balaban J connectivity index is 1.74. The summed E-state index contributed by atoms with van der Waals surface area (Å²) in [6.45, 7) is 3.01. The van der Waals surface area contributed by atoms with Crippen LogP contribution < -0.4 is 9.47 Å². The van der Waals surface area contributed by atoms with E-state index >= 15 is 0 Å². The van der Waals surface area contributed by atoms with Crippen LogP contribution in [0.4, 0.5) is 0 Å². The number of likely N-dealkylation sites (tertiary alicyclic amines) is 1. The molecule has 1 aliphatic heterocycles. The maximum Gasteiger partial charge on any atom is 0.254 e. The molecule has 7 heteroatoms. The summed E-state index contributed by atoms with van der Waals surface area (Å²) in [4.78, 5) is 14.5. The lowest BCUT2D eigenvalue weighted by molar-refractivity contribution is 0.0789. The van der Waals surface area contributed by atoms with Crippen LogP contribution in [0.2, 0.25) is 0 Å². The zero-order valence-electron chi connectivity index (χ0n) is 13.4. The third kappa shape index (κ3) is 2.99. The molecule has 23 heavy (non-hydrogen) atoms. The summed E-state index contributed by atoms with van der Waals surface area (Å²) >= 11 is 0. The van der Waals surface area contributed by atoms with Crippen molar-refractivity contribution in [1.29, 1.82) is 0 Å². The Hall–Kier alpha value is -2.57. The van der Waals surface area contributed by atoms with Crippen molar-refractivity contribution in [2.45, 2.75) is 19.3 Å². The van der Waals surface area contributed by atoms with E-state index in [4.69, 9.17) is 13.9 Å². The number of amides is 1. The number of carbonyl (C=O) groups is 1. The average molecular weight is 317 g/mol. The zero-order chi connectivity index (χ0) is 16.4. The van der Waals surface area contributed by atoms with Gasteiger partial charge in [0.05, 0.1) is 20.1 Å². The van der Waals surface area contributed by atoms with Crippen molar-refractivity contribution in [3.8, 4) is 11.5 Å². The first-order chi connectivity index (χ1) is 11.1. The number of hydrogen-bond acceptors (Lipinski definition) is 6. The first-order valence-corrected chi connectivity index (χ1v) is 7.43. The molecule has 1 aliphatic rings. The first kappa shape index (κ1) is 15.3. The van der Waals surface area contributed by atoms with Crippen LogP contribution in [-0.2, 0) is 0 Å². The Morgan fingerprint density at radius 3 is 2.70 bits per heavy atom. The van der Waals surface area contributed by atoms with Gasteiger partial charge in [-0.3, -0.25) is 4.79 Å². The molecule has 0 N–H and O–H groups in total. The molecule has 0 aliphatic carbocycles. The molecule has 1 aromatic heterocycles. The van der Waals surface area contributed by atoms with Crippen LogP contribution in [0.5, 0.6) is 11.5 Å². The van der Waals surface area contributed by atoms with Crippen LogP contribution in [-0.4, -0.2) is 48.3 Å². The maximum atomic E-state index is 12.7. The van der Waals surface area contributed by atoms with E-state index in [9.17, 15) is 4.79 Å². The molecule has 0 unspecified atom stereocenters. The van der Waals surface area contributed by atoms with Crippen LogP contribution >= 0.6 is 0 Å². The van der Waals surface area contributed by atoms with E-state index < -0.39 is 0 Å². The normalized spacial score (nSPS) is 17.3. The van der Waals surface area contributed by atoms with Crippen molar-refractivity contribution in [2.75, 3.05) is 27.3 Å². The molecule has 1 amide bonds. The van der Waals surface area contributed by atoms with Crippen molar-refractivity contribution in [2.24, 2.45) is 0 Å². The molecule has 0 saturated carbocycles.